The molecule has 0 aliphatic carbocycles. The first-order valence-electron chi connectivity index (χ1n) is 6.48. The number of nitrogens with one attached hydrogen (secondary N) is 1. The molecule has 0 aliphatic heterocycles. The van der Waals surface area contributed by atoms with Crippen molar-refractivity contribution >= 4 is 40.5 Å². The highest BCUT2D eigenvalue weighted by molar-refractivity contribution is 6.44. The average molecular weight is 332 g/mol. The zero-order valence-electron chi connectivity index (χ0n) is 11.7. The van der Waals surface area contributed by atoms with E-state index >= 15 is 0 Å². The standard InChI is InChI=1S/C15H17Cl3N2/c1-4-20-9(2)5-11(10(20)3)8-19-15-7-13(17)12(16)6-14(15)18/h5-7,19H,4,8H2,1-3H3. The van der Waals surface area contributed by atoms with Gasteiger partial charge < -0.3 is 9.88 Å². The highest BCUT2D eigenvalue weighted by Gasteiger charge is 2.09. The second-order valence-corrected chi connectivity index (χ2v) is 5.96. The molecule has 20 heavy (non-hydrogen) atoms. The van der Waals surface area contributed by atoms with Crippen molar-refractivity contribution in [3.63, 3.8) is 0 Å². The van der Waals surface area contributed by atoms with Crippen molar-refractivity contribution in [2.24, 2.45) is 0 Å². The van der Waals surface area contributed by atoms with E-state index in [2.05, 4.69) is 36.7 Å². The fourth-order valence-corrected chi connectivity index (χ4v) is 3.00. The number of aryl methyl sites for hydroxylation is 1. The Kier molecular flexibility index (Phi) is 4.90. The van der Waals surface area contributed by atoms with E-state index in [9.17, 15) is 0 Å². The Morgan fingerprint density at radius 1 is 1.00 bits per heavy atom. The van der Waals surface area contributed by atoms with E-state index in [1.807, 2.05) is 0 Å². The zero-order chi connectivity index (χ0) is 14.9. The van der Waals surface area contributed by atoms with Crippen LogP contribution in [-0.4, -0.2) is 4.57 Å². The normalized spacial score (nSPS) is 10.9. The summed E-state index contributed by atoms with van der Waals surface area (Å²) < 4.78 is 2.29. The number of hydrogen-bond donors (Lipinski definition) is 1. The number of rotatable bonds is 4. The Hall–Kier alpha value is -0.830. The van der Waals surface area contributed by atoms with Crippen LogP contribution in [0, 0.1) is 13.8 Å². The Morgan fingerprint density at radius 3 is 2.25 bits per heavy atom. The van der Waals surface area contributed by atoms with Crippen LogP contribution in [0.2, 0.25) is 15.1 Å². The number of anilines is 1. The van der Waals surface area contributed by atoms with Crippen molar-refractivity contribution in [1.29, 1.82) is 0 Å². The zero-order valence-corrected chi connectivity index (χ0v) is 14.0. The number of nitrogens with zero attached hydrogens (tertiary/aromatic N) is 1. The molecular weight excluding hydrogens is 315 g/mol. The van der Waals surface area contributed by atoms with E-state index in [0.717, 1.165) is 12.2 Å². The summed E-state index contributed by atoms with van der Waals surface area (Å²) in [6, 6.07) is 5.60. The molecule has 1 aromatic carbocycles. The van der Waals surface area contributed by atoms with E-state index < -0.39 is 0 Å². The van der Waals surface area contributed by atoms with Gasteiger partial charge in [0.25, 0.3) is 0 Å². The predicted octanol–water partition coefficient (Wildman–Crippen LogP) is 5.70. The summed E-state index contributed by atoms with van der Waals surface area (Å²) in [4.78, 5) is 0. The third kappa shape index (κ3) is 3.08. The van der Waals surface area contributed by atoms with E-state index in [1.165, 1.54) is 17.0 Å². The van der Waals surface area contributed by atoms with Crippen LogP contribution in [0.4, 0.5) is 5.69 Å². The maximum atomic E-state index is 6.16. The molecule has 0 spiro atoms. The second-order valence-electron chi connectivity index (χ2n) is 4.74. The fraction of sp³-hybridized carbons (Fsp3) is 0.333. The van der Waals surface area contributed by atoms with Crippen LogP contribution in [0.15, 0.2) is 18.2 Å². The molecule has 0 saturated heterocycles. The molecule has 2 aromatic rings. The quantitative estimate of drug-likeness (QED) is 0.711. The minimum absolute atomic E-state index is 0.464. The monoisotopic (exact) mass is 330 g/mol. The molecule has 0 aliphatic rings. The van der Waals surface area contributed by atoms with Crippen LogP contribution < -0.4 is 5.32 Å². The molecule has 0 fully saturated rings. The first-order chi connectivity index (χ1) is 9.43. The molecule has 0 atom stereocenters. The Bertz CT molecular complexity index is 633. The van der Waals surface area contributed by atoms with Crippen LogP contribution in [-0.2, 0) is 13.1 Å². The molecule has 0 radical (unpaired) electrons. The fourth-order valence-electron chi connectivity index (χ4n) is 2.39. The van der Waals surface area contributed by atoms with Gasteiger partial charge in [0, 0.05) is 24.5 Å². The molecule has 108 valence electrons. The van der Waals surface area contributed by atoms with Crippen LogP contribution in [0.1, 0.15) is 23.9 Å². The van der Waals surface area contributed by atoms with E-state index in [1.54, 1.807) is 12.1 Å². The summed E-state index contributed by atoms with van der Waals surface area (Å²) in [5.41, 5.74) is 4.59. The van der Waals surface area contributed by atoms with Gasteiger partial charge in [-0.3, -0.25) is 0 Å². The lowest BCUT2D eigenvalue weighted by atomic mass is 10.2. The van der Waals surface area contributed by atoms with Gasteiger partial charge in [0.2, 0.25) is 0 Å². The number of halogens is 3. The minimum atomic E-state index is 0.464. The van der Waals surface area contributed by atoms with E-state index in [0.29, 0.717) is 21.6 Å². The molecule has 0 saturated carbocycles. The SMILES string of the molecule is CCn1c(C)cc(CNc2cc(Cl)c(Cl)cc2Cl)c1C. The smallest absolute Gasteiger partial charge is 0.0653 e. The Labute approximate surface area is 134 Å². The summed E-state index contributed by atoms with van der Waals surface area (Å²) in [5, 5.41) is 4.85. The lowest BCUT2D eigenvalue weighted by Crippen LogP contribution is -2.03. The van der Waals surface area contributed by atoms with Gasteiger partial charge in [-0.2, -0.15) is 0 Å². The third-order valence-electron chi connectivity index (χ3n) is 3.47. The Morgan fingerprint density at radius 2 is 1.65 bits per heavy atom. The lowest BCUT2D eigenvalue weighted by molar-refractivity contribution is 0.715. The molecule has 0 bridgehead atoms. The molecule has 0 unspecified atom stereocenters. The van der Waals surface area contributed by atoms with Crippen molar-refractivity contribution in [3.05, 3.63) is 50.2 Å². The number of hydrogen-bond acceptors (Lipinski definition) is 1. The van der Waals surface area contributed by atoms with Gasteiger partial charge >= 0.3 is 0 Å². The summed E-state index contributed by atoms with van der Waals surface area (Å²) in [6.45, 7) is 8.08. The van der Waals surface area contributed by atoms with Gasteiger partial charge in [-0.15, -0.1) is 0 Å². The van der Waals surface area contributed by atoms with Crippen LogP contribution >= 0.6 is 34.8 Å². The molecular formula is C15H17Cl3N2. The number of aromatic nitrogens is 1. The molecule has 0 amide bonds. The third-order valence-corrected chi connectivity index (χ3v) is 4.51. The highest BCUT2D eigenvalue weighted by atomic mass is 35.5. The van der Waals surface area contributed by atoms with Crippen molar-refractivity contribution in [3.8, 4) is 0 Å². The maximum absolute atomic E-state index is 6.16. The second kappa shape index (κ2) is 6.30. The summed E-state index contributed by atoms with van der Waals surface area (Å²) in [6.07, 6.45) is 0. The topological polar surface area (TPSA) is 17.0 Å². The van der Waals surface area contributed by atoms with E-state index in [4.69, 9.17) is 34.8 Å². The first-order valence-corrected chi connectivity index (χ1v) is 7.61. The van der Waals surface area contributed by atoms with Gasteiger partial charge in [0.05, 0.1) is 20.8 Å². The van der Waals surface area contributed by atoms with Crippen molar-refractivity contribution in [2.75, 3.05) is 5.32 Å². The molecule has 1 N–H and O–H groups in total. The van der Waals surface area contributed by atoms with Gasteiger partial charge in [0.15, 0.2) is 0 Å². The highest BCUT2D eigenvalue weighted by Crippen LogP contribution is 2.32. The van der Waals surface area contributed by atoms with Gasteiger partial charge in [-0.05, 0) is 44.5 Å². The summed E-state index contributed by atoms with van der Waals surface area (Å²) in [7, 11) is 0. The van der Waals surface area contributed by atoms with Crippen molar-refractivity contribution in [2.45, 2.75) is 33.9 Å². The summed E-state index contributed by atoms with van der Waals surface area (Å²) >= 11 is 18.1. The predicted molar refractivity (Wildman–Crippen MR) is 88.4 cm³/mol. The first kappa shape index (κ1) is 15.6. The van der Waals surface area contributed by atoms with Crippen LogP contribution in [0.5, 0.6) is 0 Å². The van der Waals surface area contributed by atoms with Gasteiger partial charge in [0.1, 0.15) is 0 Å². The van der Waals surface area contributed by atoms with Crippen molar-refractivity contribution < 1.29 is 0 Å². The molecule has 1 heterocycles. The van der Waals surface area contributed by atoms with Crippen molar-refractivity contribution in [1.82, 2.24) is 4.57 Å². The van der Waals surface area contributed by atoms with Gasteiger partial charge in [-0.25, -0.2) is 0 Å². The number of benzene rings is 1. The van der Waals surface area contributed by atoms with Gasteiger partial charge in [-0.1, -0.05) is 34.8 Å². The van der Waals surface area contributed by atoms with E-state index in [-0.39, 0.29) is 0 Å². The molecule has 2 nitrogen and oxygen atoms in total. The van der Waals surface area contributed by atoms with Crippen LogP contribution in [0.25, 0.3) is 0 Å². The Balaban J connectivity index is 2.19. The summed E-state index contributed by atoms with van der Waals surface area (Å²) in [5.74, 6) is 0. The lowest BCUT2D eigenvalue weighted by Gasteiger charge is -2.10. The maximum Gasteiger partial charge on any atom is 0.0653 e. The molecule has 5 heteroatoms. The average Bonchev–Trinajstić information content (AvgIpc) is 2.66. The molecule has 1 aromatic heterocycles. The largest absolute Gasteiger partial charge is 0.380 e. The van der Waals surface area contributed by atoms with Crippen LogP contribution in [0.3, 0.4) is 0 Å². The minimum Gasteiger partial charge on any atom is -0.380 e. The molecule has 2 rings (SSSR count).